The predicted octanol–water partition coefficient (Wildman–Crippen LogP) is 2.44. The molecule has 2 N–H and O–H groups in total. The largest absolute Gasteiger partial charge is 0.397 e. The highest BCUT2D eigenvalue weighted by molar-refractivity contribution is 5.68. The Balaban J connectivity index is 2.13. The first-order valence-corrected chi connectivity index (χ1v) is 6.30. The number of nitrogen functional groups attached to an aromatic ring is 1. The number of nitrogens with zero attached hydrogens (tertiary/aromatic N) is 1. The summed E-state index contributed by atoms with van der Waals surface area (Å²) in [5, 5.41) is 0. The van der Waals surface area contributed by atoms with Crippen LogP contribution in [0.4, 0.5) is 11.4 Å². The van der Waals surface area contributed by atoms with Gasteiger partial charge in [0, 0.05) is 20.2 Å². The molecular formula is C14H22N2O. The van der Waals surface area contributed by atoms with Crippen molar-refractivity contribution in [3.8, 4) is 0 Å². The maximum Gasteiger partial charge on any atom is 0.0602 e. The molecule has 0 aromatic heterocycles. The quantitative estimate of drug-likeness (QED) is 0.816. The second-order valence-electron chi connectivity index (χ2n) is 4.97. The molecule has 2 rings (SSSR count). The van der Waals surface area contributed by atoms with Crippen LogP contribution >= 0.6 is 0 Å². The fourth-order valence-corrected chi connectivity index (χ4v) is 2.58. The summed E-state index contributed by atoms with van der Waals surface area (Å²) in [6.45, 7) is 5.12. The first kappa shape index (κ1) is 12.2. The molecule has 1 aliphatic rings. The summed E-state index contributed by atoms with van der Waals surface area (Å²) in [6.07, 6.45) is 2.48. The molecule has 0 bridgehead atoms. The van der Waals surface area contributed by atoms with Crippen LogP contribution in [0.15, 0.2) is 18.2 Å². The number of aryl methyl sites for hydroxylation is 1. The standard InChI is InChI=1S/C14H22N2O/c1-11-5-6-13(15)14(8-11)16-7-3-4-12(9-16)10-17-2/h5-6,8,12H,3-4,7,9-10,15H2,1-2H3. The van der Waals surface area contributed by atoms with Gasteiger partial charge in [-0.15, -0.1) is 0 Å². The lowest BCUT2D eigenvalue weighted by Gasteiger charge is -2.35. The molecule has 1 fully saturated rings. The second kappa shape index (κ2) is 5.41. The van der Waals surface area contributed by atoms with Crippen LogP contribution in [0.25, 0.3) is 0 Å². The number of ether oxygens (including phenoxy) is 1. The van der Waals surface area contributed by atoms with Crippen LogP contribution < -0.4 is 10.6 Å². The lowest BCUT2D eigenvalue weighted by Crippen LogP contribution is -2.37. The van der Waals surface area contributed by atoms with Gasteiger partial charge >= 0.3 is 0 Å². The zero-order chi connectivity index (χ0) is 12.3. The molecule has 0 saturated carbocycles. The molecule has 17 heavy (non-hydrogen) atoms. The Hall–Kier alpha value is -1.22. The van der Waals surface area contributed by atoms with Crippen molar-refractivity contribution < 1.29 is 4.74 Å². The van der Waals surface area contributed by atoms with Crippen LogP contribution in [-0.2, 0) is 4.74 Å². The molecule has 1 unspecified atom stereocenters. The van der Waals surface area contributed by atoms with Gasteiger partial charge in [0.2, 0.25) is 0 Å². The average Bonchev–Trinajstić information content (AvgIpc) is 2.33. The van der Waals surface area contributed by atoms with Crippen LogP contribution in [-0.4, -0.2) is 26.8 Å². The van der Waals surface area contributed by atoms with Crippen LogP contribution in [0.5, 0.6) is 0 Å². The highest BCUT2D eigenvalue weighted by atomic mass is 16.5. The van der Waals surface area contributed by atoms with Crippen LogP contribution in [0.1, 0.15) is 18.4 Å². The Morgan fingerprint density at radius 1 is 1.47 bits per heavy atom. The zero-order valence-electron chi connectivity index (χ0n) is 10.8. The van der Waals surface area contributed by atoms with E-state index >= 15 is 0 Å². The molecule has 3 heteroatoms. The molecule has 1 atom stereocenters. The molecule has 0 spiro atoms. The van der Waals surface area contributed by atoms with Crippen molar-refractivity contribution in [1.82, 2.24) is 0 Å². The predicted molar refractivity (Wildman–Crippen MR) is 72.4 cm³/mol. The Kier molecular flexibility index (Phi) is 3.89. The first-order chi connectivity index (χ1) is 8.20. The summed E-state index contributed by atoms with van der Waals surface area (Å²) in [4.78, 5) is 2.40. The van der Waals surface area contributed by atoms with E-state index in [1.54, 1.807) is 7.11 Å². The lowest BCUT2D eigenvalue weighted by atomic mass is 9.98. The molecule has 1 saturated heterocycles. The molecule has 1 aromatic carbocycles. The van der Waals surface area contributed by atoms with Crippen LogP contribution in [0.3, 0.4) is 0 Å². The number of hydrogen-bond acceptors (Lipinski definition) is 3. The smallest absolute Gasteiger partial charge is 0.0602 e. The van der Waals surface area contributed by atoms with E-state index in [9.17, 15) is 0 Å². The van der Waals surface area contributed by atoms with Crippen molar-refractivity contribution in [3.05, 3.63) is 23.8 Å². The lowest BCUT2D eigenvalue weighted by molar-refractivity contribution is 0.143. The van der Waals surface area contributed by atoms with E-state index in [1.807, 2.05) is 6.07 Å². The molecule has 3 nitrogen and oxygen atoms in total. The van der Waals surface area contributed by atoms with Crippen molar-refractivity contribution in [2.75, 3.05) is 37.4 Å². The minimum atomic E-state index is 0.633. The van der Waals surface area contributed by atoms with E-state index in [2.05, 4.69) is 24.0 Å². The monoisotopic (exact) mass is 234 g/mol. The second-order valence-corrected chi connectivity index (χ2v) is 4.97. The average molecular weight is 234 g/mol. The highest BCUT2D eigenvalue weighted by Gasteiger charge is 2.21. The van der Waals surface area contributed by atoms with Crippen molar-refractivity contribution in [3.63, 3.8) is 0 Å². The molecule has 1 heterocycles. The maximum atomic E-state index is 6.07. The first-order valence-electron chi connectivity index (χ1n) is 6.30. The van der Waals surface area contributed by atoms with Crippen molar-refractivity contribution in [2.24, 2.45) is 5.92 Å². The summed E-state index contributed by atoms with van der Waals surface area (Å²) in [7, 11) is 1.78. The Morgan fingerprint density at radius 3 is 3.06 bits per heavy atom. The van der Waals surface area contributed by atoms with E-state index in [1.165, 1.54) is 24.1 Å². The Labute approximate surface area is 104 Å². The molecule has 1 aromatic rings. The van der Waals surface area contributed by atoms with Gasteiger partial charge in [-0.1, -0.05) is 6.07 Å². The van der Waals surface area contributed by atoms with Gasteiger partial charge in [-0.05, 0) is 43.4 Å². The maximum absolute atomic E-state index is 6.07. The number of nitrogens with two attached hydrogens (primary N) is 1. The van der Waals surface area contributed by atoms with Gasteiger partial charge in [0.1, 0.15) is 0 Å². The third kappa shape index (κ3) is 2.91. The third-order valence-electron chi connectivity index (χ3n) is 3.45. The van der Waals surface area contributed by atoms with E-state index < -0.39 is 0 Å². The van der Waals surface area contributed by atoms with Crippen molar-refractivity contribution >= 4 is 11.4 Å². The normalized spacial score (nSPS) is 20.6. The van der Waals surface area contributed by atoms with Crippen LogP contribution in [0.2, 0.25) is 0 Å². The summed E-state index contributed by atoms with van der Waals surface area (Å²) in [5.74, 6) is 0.633. The van der Waals surface area contributed by atoms with E-state index in [0.29, 0.717) is 5.92 Å². The minimum Gasteiger partial charge on any atom is -0.397 e. The van der Waals surface area contributed by atoms with E-state index in [0.717, 1.165) is 25.4 Å². The summed E-state index contributed by atoms with van der Waals surface area (Å²) in [6, 6.07) is 6.25. The Bertz CT molecular complexity index is 376. The summed E-state index contributed by atoms with van der Waals surface area (Å²) < 4.78 is 5.26. The van der Waals surface area contributed by atoms with Crippen molar-refractivity contribution in [1.29, 1.82) is 0 Å². The third-order valence-corrected chi connectivity index (χ3v) is 3.45. The van der Waals surface area contributed by atoms with Gasteiger partial charge in [-0.2, -0.15) is 0 Å². The summed E-state index contributed by atoms with van der Waals surface area (Å²) >= 11 is 0. The number of methoxy groups -OCH3 is 1. The number of benzene rings is 1. The molecule has 0 amide bonds. The van der Waals surface area contributed by atoms with E-state index in [-0.39, 0.29) is 0 Å². The fourth-order valence-electron chi connectivity index (χ4n) is 2.58. The summed E-state index contributed by atoms with van der Waals surface area (Å²) in [5.41, 5.74) is 9.40. The highest BCUT2D eigenvalue weighted by Crippen LogP contribution is 2.29. The molecule has 0 aliphatic carbocycles. The van der Waals surface area contributed by atoms with Gasteiger partial charge < -0.3 is 15.4 Å². The van der Waals surface area contributed by atoms with Gasteiger partial charge in [-0.25, -0.2) is 0 Å². The molecule has 94 valence electrons. The SMILES string of the molecule is COCC1CCCN(c2cc(C)ccc2N)C1. The van der Waals surface area contributed by atoms with Gasteiger partial charge in [-0.3, -0.25) is 0 Å². The van der Waals surface area contributed by atoms with Gasteiger partial charge in [0.15, 0.2) is 0 Å². The number of hydrogen-bond donors (Lipinski definition) is 1. The topological polar surface area (TPSA) is 38.5 Å². The molecule has 0 radical (unpaired) electrons. The van der Waals surface area contributed by atoms with E-state index in [4.69, 9.17) is 10.5 Å². The zero-order valence-corrected chi connectivity index (χ0v) is 10.8. The van der Waals surface area contributed by atoms with Crippen molar-refractivity contribution in [2.45, 2.75) is 19.8 Å². The number of piperidine rings is 1. The molecule has 1 aliphatic heterocycles. The number of rotatable bonds is 3. The van der Waals surface area contributed by atoms with Gasteiger partial charge in [0.05, 0.1) is 18.0 Å². The molecular weight excluding hydrogens is 212 g/mol. The van der Waals surface area contributed by atoms with Crippen LogP contribution in [0, 0.1) is 12.8 Å². The number of anilines is 2. The minimum absolute atomic E-state index is 0.633. The van der Waals surface area contributed by atoms with Gasteiger partial charge in [0.25, 0.3) is 0 Å². The Morgan fingerprint density at radius 2 is 2.29 bits per heavy atom. The fraction of sp³-hybridized carbons (Fsp3) is 0.571.